The van der Waals surface area contributed by atoms with Gasteiger partial charge in [-0.05, 0) is 18.2 Å². The molecular weight excluding hydrogens is 289 g/mol. The highest BCUT2D eigenvalue weighted by atomic mass is 19.4. The lowest BCUT2D eigenvalue weighted by Crippen LogP contribution is -2.15. The molecule has 0 unspecified atom stereocenters. The molecule has 0 aliphatic carbocycles. The zero-order valence-electron chi connectivity index (χ0n) is 10.3. The number of nitrogens with zero attached hydrogens (tertiary/aromatic N) is 3. The van der Waals surface area contributed by atoms with Crippen LogP contribution in [0.3, 0.4) is 0 Å². The minimum absolute atomic E-state index is 0.0668. The summed E-state index contributed by atoms with van der Waals surface area (Å²) in [5.74, 6) is -0.776. The van der Waals surface area contributed by atoms with Crippen LogP contribution >= 0.6 is 0 Å². The normalized spacial score (nSPS) is 12.0. The van der Waals surface area contributed by atoms with E-state index in [9.17, 15) is 18.0 Å². The van der Waals surface area contributed by atoms with Gasteiger partial charge in [-0.25, -0.2) is 9.50 Å². The molecule has 0 aromatic carbocycles. The van der Waals surface area contributed by atoms with Crippen LogP contribution in [-0.4, -0.2) is 20.5 Å². The zero-order chi connectivity index (χ0) is 15.2. The number of alkyl halides is 3. The van der Waals surface area contributed by atoms with Crippen molar-refractivity contribution in [2.45, 2.75) is 6.18 Å². The Morgan fingerprint density at radius 2 is 2.14 bits per heavy atom. The van der Waals surface area contributed by atoms with Crippen LogP contribution in [0.15, 0.2) is 35.1 Å². The number of amides is 1. The molecular formula is C12H7F3N4O2. The average molecular weight is 296 g/mol. The fourth-order valence-electron chi connectivity index (χ4n) is 1.89. The Balaban J connectivity index is 2.37. The van der Waals surface area contributed by atoms with E-state index in [0.717, 1.165) is 12.3 Å². The van der Waals surface area contributed by atoms with E-state index in [1.54, 1.807) is 0 Å². The maximum atomic E-state index is 13.1. The fraction of sp³-hybridized carbons (Fsp3) is 0.0833. The lowest BCUT2D eigenvalue weighted by molar-refractivity contribution is -0.142. The third-order valence-electron chi connectivity index (χ3n) is 2.80. The van der Waals surface area contributed by atoms with Crippen molar-refractivity contribution in [3.8, 4) is 11.5 Å². The number of halogens is 3. The van der Waals surface area contributed by atoms with Crippen molar-refractivity contribution >= 4 is 11.6 Å². The molecule has 9 heteroatoms. The van der Waals surface area contributed by atoms with Crippen LogP contribution in [0.5, 0.6) is 0 Å². The van der Waals surface area contributed by atoms with Gasteiger partial charge in [0.15, 0.2) is 17.1 Å². The van der Waals surface area contributed by atoms with E-state index >= 15 is 0 Å². The SMILES string of the molecule is NC(=O)c1cnn2c(C(F)(F)F)cc(-c3ccco3)nc12. The molecule has 1 amide bonds. The molecule has 6 nitrogen and oxygen atoms in total. The molecule has 0 radical (unpaired) electrons. The van der Waals surface area contributed by atoms with Crippen LogP contribution in [0.2, 0.25) is 0 Å². The smallest absolute Gasteiger partial charge is 0.433 e. The third-order valence-corrected chi connectivity index (χ3v) is 2.80. The number of fused-ring (bicyclic) bond motifs is 1. The monoisotopic (exact) mass is 296 g/mol. The lowest BCUT2D eigenvalue weighted by Gasteiger charge is -2.10. The number of aromatic nitrogens is 3. The Bertz CT molecular complexity index is 821. The second kappa shape index (κ2) is 4.33. The van der Waals surface area contributed by atoms with Gasteiger partial charge >= 0.3 is 6.18 Å². The quantitative estimate of drug-likeness (QED) is 0.784. The Morgan fingerprint density at radius 3 is 2.71 bits per heavy atom. The molecule has 0 aliphatic heterocycles. The van der Waals surface area contributed by atoms with Crippen molar-refractivity contribution in [2.75, 3.05) is 0 Å². The number of hydrogen-bond acceptors (Lipinski definition) is 4. The third kappa shape index (κ3) is 2.12. The van der Waals surface area contributed by atoms with Gasteiger partial charge in [-0.2, -0.15) is 18.3 Å². The predicted octanol–water partition coefficient (Wildman–Crippen LogP) is 2.11. The molecule has 0 fully saturated rings. The molecule has 0 bridgehead atoms. The summed E-state index contributed by atoms with van der Waals surface area (Å²) in [7, 11) is 0. The molecule has 0 aliphatic rings. The van der Waals surface area contributed by atoms with Gasteiger partial charge in [-0.15, -0.1) is 0 Å². The van der Waals surface area contributed by atoms with Gasteiger partial charge in [0.2, 0.25) is 0 Å². The van der Waals surface area contributed by atoms with Crippen molar-refractivity contribution in [1.29, 1.82) is 0 Å². The van der Waals surface area contributed by atoms with Crippen molar-refractivity contribution in [3.63, 3.8) is 0 Å². The van der Waals surface area contributed by atoms with E-state index in [0.29, 0.717) is 4.52 Å². The first-order valence-corrected chi connectivity index (χ1v) is 5.67. The van der Waals surface area contributed by atoms with Gasteiger partial charge in [-0.1, -0.05) is 0 Å². The number of hydrogen-bond donors (Lipinski definition) is 1. The largest absolute Gasteiger partial charge is 0.463 e. The molecule has 2 N–H and O–H groups in total. The Labute approximate surface area is 115 Å². The van der Waals surface area contributed by atoms with E-state index in [1.807, 2.05) is 0 Å². The first kappa shape index (κ1) is 13.2. The molecule has 0 spiro atoms. The van der Waals surface area contributed by atoms with Crippen LogP contribution in [0.1, 0.15) is 16.1 Å². The Kier molecular flexibility index (Phi) is 2.71. The molecule has 3 heterocycles. The van der Waals surface area contributed by atoms with Gasteiger partial charge in [0.25, 0.3) is 5.91 Å². The number of carbonyl (C=O) groups is 1. The summed E-state index contributed by atoms with van der Waals surface area (Å²) in [6.07, 6.45) is -2.42. The van der Waals surface area contributed by atoms with E-state index < -0.39 is 17.8 Å². The summed E-state index contributed by atoms with van der Waals surface area (Å²) in [6, 6.07) is 3.77. The topological polar surface area (TPSA) is 86.4 Å². The molecule has 3 aromatic heterocycles. The van der Waals surface area contributed by atoms with Crippen LogP contribution in [0.25, 0.3) is 17.1 Å². The van der Waals surface area contributed by atoms with E-state index in [-0.39, 0.29) is 22.7 Å². The van der Waals surface area contributed by atoms with E-state index in [2.05, 4.69) is 10.1 Å². The van der Waals surface area contributed by atoms with Crippen LogP contribution in [0.4, 0.5) is 13.2 Å². The number of rotatable bonds is 2. The van der Waals surface area contributed by atoms with Crippen molar-refractivity contribution < 1.29 is 22.4 Å². The van der Waals surface area contributed by atoms with Crippen molar-refractivity contribution in [3.05, 3.63) is 41.9 Å². The summed E-state index contributed by atoms with van der Waals surface area (Å²) in [6.45, 7) is 0. The number of carbonyl (C=O) groups excluding carboxylic acids is 1. The second-order valence-corrected chi connectivity index (χ2v) is 4.16. The van der Waals surface area contributed by atoms with Gasteiger partial charge in [-0.3, -0.25) is 4.79 Å². The van der Waals surface area contributed by atoms with Crippen LogP contribution < -0.4 is 5.73 Å². The van der Waals surface area contributed by atoms with Gasteiger partial charge in [0.05, 0.1) is 12.5 Å². The number of primary amides is 1. The molecule has 0 saturated heterocycles. The maximum absolute atomic E-state index is 13.1. The van der Waals surface area contributed by atoms with Crippen LogP contribution in [0, 0.1) is 0 Å². The Hall–Kier alpha value is -2.84. The molecule has 0 saturated carbocycles. The summed E-state index contributed by atoms with van der Waals surface area (Å²) < 4.78 is 44.9. The Morgan fingerprint density at radius 1 is 1.38 bits per heavy atom. The summed E-state index contributed by atoms with van der Waals surface area (Å²) in [5.41, 5.74) is 3.50. The van der Waals surface area contributed by atoms with Gasteiger partial charge < -0.3 is 10.2 Å². The fourth-order valence-corrected chi connectivity index (χ4v) is 1.89. The molecule has 21 heavy (non-hydrogen) atoms. The predicted molar refractivity (Wildman–Crippen MR) is 64.2 cm³/mol. The molecule has 3 aromatic rings. The summed E-state index contributed by atoms with van der Waals surface area (Å²) >= 11 is 0. The zero-order valence-corrected chi connectivity index (χ0v) is 10.3. The minimum atomic E-state index is -4.68. The maximum Gasteiger partial charge on any atom is 0.433 e. The lowest BCUT2D eigenvalue weighted by atomic mass is 10.2. The van der Waals surface area contributed by atoms with Gasteiger partial charge in [0, 0.05) is 0 Å². The highest BCUT2D eigenvalue weighted by Gasteiger charge is 2.36. The highest BCUT2D eigenvalue weighted by Crippen LogP contribution is 2.32. The number of furan rings is 1. The van der Waals surface area contributed by atoms with Gasteiger partial charge in [0.1, 0.15) is 11.3 Å². The second-order valence-electron chi connectivity index (χ2n) is 4.16. The molecule has 3 rings (SSSR count). The van der Waals surface area contributed by atoms with Crippen molar-refractivity contribution in [1.82, 2.24) is 14.6 Å². The molecule has 0 atom stereocenters. The minimum Gasteiger partial charge on any atom is -0.463 e. The highest BCUT2D eigenvalue weighted by molar-refractivity contribution is 5.98. The molecule has 108 valence electrons. The first-order valence-electron chi connectivity index (χ1n) is 5.67. The summed E-state index contributed by atoms with van der Waals surface area (Å²) in [5, 5.41) is 3.53. The average Bonchev–Trinajstić information content (AvgIpc) is 3.05. The summed E-state index contributed by atoms with van der Waals surface area (Å²) in [4.78, 5) is 15.2. The van der Waals surface area contributed by atoms with E-state index in [1.165, 1.54) is 18.4 Å². The first-order chi connectivity index (χ1) is 9.88. The number of nitrogens with two attached hydrogens (primary N) is 1. The standard InChI is InChI=1S/C12H7F3N4O2/c13-12(14,15)9-4-7(8-2-1-3-21-8)18-11-6(10(16)20)5-17-19(9)11/h1-5H,(H2,16,20). The van der Waals surface area contributed by atoms with E-state index in [4.69, 9.17) is 10.2 Å². The van der Waals surface area contributed by atoms with Crippen LogP contribution in [-0.2, 0) is 6.18 Å². The van der Waals surface area contributed by atoms with Crippen molar-refractivity contribution in [2.24, 2.45) is 5.73 Å².